The summed E-state index contributed by atoms with van der Waals surface area (Å²) >= 11 is 7.22. The van der Waals surface area contributed by atoms with Gasteiger partial charge in [0.15, 0.2) is 0 Å². The number of pyridine rings is 1. The Kier molecular flexibility index (Phi) is 3.43. The predicted octanol–water partition coefficient (Wildman–Crippen LogP) is 6.83. The van der Waals surface area contributed by atoms with Crippen molar-refractivity contribution >= 4 is 59.3 Å². The number of benzene rings is 3. The topological polar surface area (TPSA) is 17.3 Å². The molecule has 0 bridgehead atoms. The molecular weight excluding hydrogens is 440 g/mol. The summed E-state index contributed by atoms with van der Waals surface area (Å²) in [7, 11) is 0. The molecule has 2 nitrogen and oxygen atoms in total. The quantitative estimate of drug-likeness (QED) is 0.273. The Balaban J connectivity index is 1.99. The second-order valence-corrected chi connectivity index (χ2v) is 7.87. The third-order valence-electron chi connectivity index (χ3n) is 4.49. The van der Waals surface area contributed by atoms with E-state index in [4.69, 9.17) is 4.98 Å². The Labute approximate surface area is 161 Å². The van der Waals surface area contributed by atoms with Crippen LogP contribution in [0.4, 0.5) is 0 Å². The molecule has 2 heterocycles. The van der Waals surface area contributed by atoms with Gasteiger partial charge in [0, 0.05) is 20.5 Å². The lowest BCUT2D eigenvalue weighted by atomic mass is 9.97. The first-order chi connectivity index (χ1) is 12.2. The Morgan fingerprint density at radius 2 is 1.48 bits per heavy atom. The maximum atomic E-state index is 4.86. The van der Waals surface area contributed by atoms with Crippen molar-refractivity contribution in [1.82, 2.24) is 9.38 Å². The molecule has 0 saturated carbocycles. The molecule has 0 N–H and O–H groups in total. The molecular formula is C21H12Br2N2. The molecule has 0 unspecified atom stereocenters. The van der Waals surface area contributed by atoms with Gasteiger partial charge in [0.05, 0.1) is 11.0 Å². The van der Waals surface area contributed by atoms with E-state index in [1.165, 1.54) is 21.9 Å². The zero-order chi connectivity index (χ0) is 17.0. The number of hydrogen-bond acceptors (Lipinski definition) is 1. The summed E-state index contributed by atoms with van der Waals surface area (Å²) in [5.41, 5.74) is 5.51. The van der Waals surface area contributed by atoms with E-state index in [0.717, 1.165) is 25.6 Å². The summed E-state index contributed by atoms with van der Waals surface area (Å²) in [6.45, 7) is 0. The summed E-state index contributed by atoms with van der Waals surface area (Å²) < 4.78 is 4.26. The van der Waals surface area contributed by atoms with Gasteiger partial charge < -0.3 is 0 Å². The van der Waals surface area contributed by atoms with Crippen LogP contribution in [0, 0.1) is 0 Å². The number of aromatic nitrogens is 2. The highest BCUT2D eigenvalue weighted by molar-refractivity contribution is 9.11. The normalized spacial score (nSPS) is 11.6. The van der Waals surface area contributed by atoms with Crippen LogP contribution < -0.4 is 0 Å². The second-order valence-electron chi connectivity index (χ2n) is 6.04. The lowest BCUT2D eigenvalue weighted by molar-refractivity contribution is 1.23. The third kappa shape index (κ3) is 2.40. The highest BCUT2D eigenvalue weighted by Crippen LogP contribution is 2.37. The van der Waals surface area contributed by atoms with Crippen molar-refractivity contribution in [1.29, 1.82) is 0 Å². The first-order valence-corrected chi connectivity index (χ1v) is 9.54. The molecule has 0 saturated heterocycles. The summed E-state index contributed by atoms with van der Waals surface area (Å²) in [6, 6.07) is 23.2. The van der Waals surface area contributed by atoms with Crippen LogP contribution >= 0.6 is 31.9 Å². The minimum absolute atomic E-state index is 0.968. The number of hydrogen-bond donors (Lipinski definition) is 0. The SMILES string of the molecule is Brc1cc(Br)cc(-c2cc3c(nc4ccccn43)c3ccccc23)c1. The monoisotopic (exact) mass is 450 g/mol. The number of fused-ring (bicyclic) bond motifs is 5. The van der Waals surface area contributed by atoms with Crippen molar-refractivity contribution in [3.63, 3.8) is 0 Å². The van der Waals surface area contributed by atoms with Gasteiger partial charge in [-0.1, -0.05) is 62.2 Å². The summed E-state index contributed by atoms with van der Waals surface area (Å²) in [4.78, 5) is 4.86. The van der Waals surface area contributed by atoms with E-state index < -0.39 is 0 Å². The van der Waals surface area contributed by atoms with Gasteiger partial charge in [-0.05, 0) is 52.9 Å². The number of imidazole rings is 1. The molecule has 0 radical (unpaired) electrons. The van der Waals surface area contributed by atoms with E-state index in [1.807, 2.05) is 18.2 Å². The number of halogens is 2. The van der Waals surface area contributed by atoms with Crippen molar-refractivity contribution < 1.29 is 0 Å². The lowest BCUT2D eigenvalue weighted by Gasteiger charge is -2.10. The standard InChI is InChI=1S/C21H12Br2N2/c22-14-9-13(10-15(23)11-14)18-12-19-21(17-6-2-1-5-16(17)18)24-20-7-3-4-8-25(19)20/h1-12H. The van der Waals surface area contributed by atoms with Crippen LogP contribution in [0.15, 0.2) is 81.9 Å². The lowest BCUT2D eigenvalue weighted by Crippen LogP contribution is -1.87. The van der Waals surface area contributed by atoms with E-state index in [-0.39, 0.29) is 0 Å². The van der Waals surface area contributed by atoms with E-state index in [2.05, 4.69) is 91.0 Å². The maximum absolute atomic E-state index is 4.86. The molecule has 0 atom stereocenters. The van der Waals surface area contributed by atoms with Crippen LogP contribution in [0.3, 0.4) is 0 Å². The molecule has 5 rings (SSSR count). The van der Waals surface area contributed by atoms with Crippen LogP contribution in [0.25, 0.3) is 38.6 Å². The number of nitrogens with zero attached hydrogens (tertiary/aromatic N) is 2. The maximum Gasteiger partial charge on any atom is 0.137 e. The highest BCUT2D eigenvalue weighted by atomic mass is 79.9. The fourth-order valence-corrected chi connectivity index (χ4v) is 4.73. The Hall–Kier alpha value is -2.17. The summed E-state index contributed by atoms with van der Waals surface area (Å²) in [5.74, 6) is 0. The largest absolute Gasteiger partial charge is 0.300 e. The van der Waals surface area contributed by atoms with Crippen molar-refractivity contribution in [2.45, 2.75) is 0 Å². The van der Waals surface area contributed by atoms with E-state index in [0.29, 0.717) is 0 Å². The molecule has 25 heavy (non-hydrogen) atoms. The second kappa shape index (κ2) is 5.68. The first-order valence-electron chi connectivity index (χ1n) is 7.96. The Morgan fingerprint density at radius 3 is 2.28 bits per heavy atom. The average Bonchev–Trinajstić information content (AvgIpc) is 2.99. The zero-order valence-corrected chi connectivity index (χ0v) is 16.3. The van der Waals surface area contributed by atoms with Gasteiger partial charge in [0.2, 0.25) is 0 Å². The van der Waals surface area contributed by atoms with E-state index >= 15 is 0 Å². The van der Waals surface area contributed by atoms with E-state index in [9.17, 15) is 0 Å². The van der Waals surface area contributed by atoms with Crippen LogP contribution in [-0.4, -0.2) is 9.38 Å². The predicted molar refractivity (Wildman–Crippen MR) is 111 cm³/mol. The van der Waals surface area contributed by atoms with Gasteiger partial charge in [-0.3, -0.25) is 4.40 Å². The molecule has 4 heteroatoms. The molecule has 0 fully saturated rings. The van der Waals surface area contributed by atoms with Crippen molar-refractivity contribution in [3.8, 4) is 11.1 Å². The van der Waals surface area contributed by atoms with Crippen LogP contribution in [0.5, 0.6) is 0 Å². The van der Waals surface area contributed by atoms with Gasteiger partial charge in [0.1, 0.15) is 5.65 Å². The minimum atomic E-state index is 0.968. The van der Waals surface area contributed by atoms with Crippen LogP contribution in [0.2, 0.25) is 0 Å². The molecule has 0 aliphatic heterocycles. The molecule has 0 amide bonds. The Morgan fingerprint density at radius 1 is 0.760 bits per heavy atom. The zero-order valence-electron chi connectivity index (χ0n) is 13.1. The van der Waals surface area contributed by atoms with Crippen LogP contribution in [-0.2, 0) is 0 Å². The molecule has 0 aliphatic rings. The number of rotatable bonds is 1. The van der Waals surface area contributed by atoms with Gasteiger partial charge >= 0.3 is 0 Å². The average molecular weight is 452 g/mol. The molecule has 5 aromatic rings. The van der Waals surface area contributed by atoms with Gasteiger partial charge in [-0.25, -0.2) is 4.98 Å². The fourth-order valence-electron chi connectivity index (χ4n) is 3.44. The van der Waals surface area contributed by atoms with Gasteiger partial charge in [0.25, 0.3) is 0 Å². The molecule has 3 aromatic carbocycles. The third-order valence-corrected chi connectivity index (χ3v) is 5.41. The van der Waals surface area contributed by atoms with Crippen molar-refractivity contribution in [2.75, 3.05) is 0 Å². The molecule has 0 aliphatic carbocycles. The van der Waals surface area contributed by atoms with Gasteiger partial charge in [-0.2, -0.15) is 0 Å². The molecule has 120 valence electrons. The molecule has 0 spiro atoms. The van der Waals surface area contributed by atoms with E-state index in [1.54, 1.807) is 0 Å². The Bertz CT molecular complexity index is 1250. The van der Waals surface area contributed by atoms with Crippen LogP contribution in [0.1, 0.15) is 0 Å². The summed E-state index contributed by atoms with van der Waals surface area (Å²) in [6.07, 6.45) is 2.07. The van der Waals surface area contributed by atoms with Crippen molar-refractivity contribution in [2.24, 2.45) is 0 Å². The van der Waals surface area contributed by atoms with Gasteiger partial charge in [-0.15, -0.1) is 0 Å². The summed E-state index contributed by atoms with van der Waals surface area (Å²) in [5, 5.41) is 2.39. The molecule has 2 aromatic heterocycles. The van der Waals surface area contributed by atoms with Crippen molar-refractivity contribution in [3.05, 3.63) is 81.9 Å². The smallest absolute Gasteiger partial charge is 0.137 e. The fraction of sp³-hybridized carbons (Fsp3) is 0. The highest BCUT2D eigenvalue weighted by Gasteiger charge is 2.13. The minimum Gasteiger partial charge on any atom is -0.300 e. The first kappa shape index (κ1) is 15.1.